The highest BCUT2D eigenvalue weighted by molar-refractivity contribution is 8.00. The molecule has 3 amide bonds. The largest absolute Gasteiger partial charge is 0.490 e. The summed E-state index contributed by atoms with van der Waals surface area (Å²) in [5, 5.41) is 2.49. The molecule has 1 saturated heterocycles. The summed E-state index contributed by atoms with van der Waals surface area (Å²) in [4.78, 5) is 56.7. The van der Waals surface area contributed by atoms with Gasteiger partial charge in [-0.15, -0.1) is 0 Å². The van der Waals surface area contributed by atoms with Gasteiger partial charge in [0, 0.05) is 16.5 Å². The normalized spacial score (nSPS) is 19.3. The number of aromatic nitrogens is 1. The minimum absolute atomic E-state index is 0.269. The number of fused-ring (bicyclic) bond motifs is 2. The summed E-state index contributed by atoms with van der Waals surface area (Å²) in [6.07, 6.45) is 0. The third-order valence-corrected chi connectivity index (χ3v) is 9.35. The molecule has 0 radical (unpaired) electrons. The number of rotatable bonds is 8. The van der Waals surface area contributed by atoms with Crippen LogP contribution in [0, 0.1) is 11.7 Å². The van der Waals surface area contributed by atoms with Crippen molar-refractivity contribution in [3.63, 3.8) is 0 Å². The molecular weight excluding hydrogens is 581 g/mol. The van der Waals surface area contributed by atoms with Crippen molar-refractivity contribution in [3.05, 3.63) is 98.7 Å². The van der Waals surface area contributed by atoms with E-state index in [4.69, 9.17) is 9.47 Å². The van der Waals surface area contributed by atoms with E-state index in [0.717, 1.165) is 11.3 Å². The molecule has 0 bridgehead atoms. The first-order valence-corrected chi connectivity index (χ1v) is 14.8. The van der Waals surface area contributed by atoms with Gasteiger partial charge in [-0.1, -0.05) is 47.4 Å². The number of thioether (sulfide) groups is 1. The monoisotopic (exact) mass is 605 g/mol. The molecule has 6 rings (SSSR count). The van der Waals surface area contributed by atoms with Crippen LogP contribution in [0.15, 0.2) is 82.6 Å². The number of imide groups is 1. The maximum absolute atomic E-state index is 13.9. The Kier molecular flexibility index (Phi) is 7.56. The summed E-state index contributed by atoms with van der Waals surface area (Å²) < 4.78 is 24.8. The van der Waals surface area contributed by atoms with E-state index < -0.39 is 28.8 Å². The number of hydrogen-bond acceptors (Lipinski definition) is 8. The molecule has 0 saturated carbocycles. The van der Waals surface area contributed by atoms with Gasteiger partial charge in [-0.2, -0.15) is 0 Å². The maximum atomic E-state index is 13.9. The fourth-order valence-electron chi connectivity index (χ4n) is 5.19. The van der Waals surface area contributed by atoms with E-state index in [2.05, 4.69) is 10.3 Å². The van der Waals surface area contributed by atoms with E-state index in [9.17, 15) is 23.6 Å². The molecule has 214 valence electrons. The number of carbonyl (C=O) groups is 3. The second-order valence-electron chi connectivity index (χ2n) is 9.58. The van der Waals surface area contributed by atoms with E-state index >= 15 is 0 Å². The third-order valence-electron chi connectivity index (χ3n) is 6.95. The Morgan fingerprint density at radius 3 is 2.48 bits per heavy atom. The lowest BCUT2D eigenvalue weighted by Crippen LogP contribution is -2.32. The molecule has 3 heterocycles. The molecule has 42 heavy (non-hydrogen) atoms. The number of nitrogens with one attached hydrogen (secondary N) is 2. The van der Waals surface area contributed by atoms with Gasteiger partial charge < -0.3 is 19.8 Å². The first kappa shape index (κ1) is 27.7. The molecule has 2 aliphatic heterocycles. The van der Waals surface area contributed by atoms with Crippen molar-refractivity contribution < 1.29 is 28.2 Å². The topological polar surface area (TPSA) is 118 Å². The Balaban J connectivity index is 1.31. The minimum Gasteiger partial charge on any atom is -0.490 e. The average Bonchev–Trinajstić information content (AvgIpc) is 3.48. The van der Waals surface area contributed by atoms with Gasteiger partial charge in [0.2, 0.25) is 11.8 Å². The van der Waals surface area contributed by atoms with Crippen LogP contribution in [0.2, 0.25) is 0 Å². The summed E-state index contributed by atoms with van der Waals surface area (Å²) >= 11 is 2.23. The number of nitrogens with zero attached hydrogens (tertiary/aromatic N) is 1. The number of aromatic amines is 1. The first-order chi connectivity index (χ1) is 20.3. The average molecular weight is 606 g/mol. The number of ether oxygens (including phenoxy) is 2. The Labute approximate surface area is 247 Å². The van der Waals surface area contributed by atoms with Crippen LogP contribution in [0.25, 0.3) is 0 Å². The highest BCUT2D eigenvalue weighted by Crippen LogP contribution is 2.53. The lowest BCUT2D eigenvalue weighted by atomic mass is 9.83. The lowest BCUT2D eigenvalue weighted by Gasteiger charge is -2.30. The van der Waals surface area contributed by atoms with Gasteiger partial charge in [0.1, 0.15) is 11.1 Å². The Morgan fingerprint density at radius 2 is 1.74 bits per heavy atom. The van der Waals surface area contributed by atoms with Gasteiger partial charge in [-0.25, -0.2) is 9.29 Å². The van der Waals surface area contributed by atoms with Gasteiger partial charge in [-0.05, 0) is 61.0 Å². The van der Waals surface area contributed by atoms with Gasteiger partial charge >= 0.3 is 4.87 Å². The molecule has 0 spiro atoms. The number of thiazole rings is 1. The molecule has 1 fully saturated rings. The molecule has 3 atom stereocenters. The molecule has 2 aliphatic rings. The molecule has 3 aromatic carbocycles. The number of amides is 3. The van der Waals surface area contributed by atoms with Gasteiger partial charge in [0.25, 0.3) is 5.91 Å². The molecule has 1 aromatic heterocycles. The van der Waals surface area contributed by atoms with Crippen molar-refractivity contribution >= 4 is 52.2 Å². The zero-order valence-corrected chi connectivity index (χ0v) is 23.8. The fourth-order valence-corrected chi connectivity index (χ4v) is 7.70. The van der Waals surface area contributed by atoms with Crippen molar-refractivity contribution in [2.75, 3.05) is 23.4 Å². The standard InChI is InChI=1S/C30H24FN3O6S2/c1-2-39-21-14-16(8-13-20(21)40-15-22(35)32-18-11-9-17(31)10-12-18)23-24-26(41-27-25(23)42-30(38)33-27)29(37)34(28(24)36)19-6-4-3-5-7-19/h3-14,23-24,26H,2,15H2,1H3,(H,32,35)(H,33,38)/t23-,24?,26?/m1/s1. The summed E-state index contributed by atoms with van der Waals surface area (Å²) in [6.45, 7) is 1.78. The molecule has 0 aliphatic carbocycles. The van der Waals surface area contributed by atoms with Crippen molar-refractivity contribution in [2.45, 2.75) is 23.1 Å². The van der Waals surface area contributed by atoms with Gasteiger partial charge in [-0.3, -0.25) is 19.2 Å². The van der Waals surface area contributed by atoms with Crippen LogP contribution in [0.4, 0.5) is 15.8 Å². The zero-order chi connectivity index (χ0) is 29.4. The van der Waals surface area contributed by atoms with E-state index in [0.29, 0.717) is 44.9 Å². The van der Waals surface area contributed by atoms with Crippen LogP contribution >= 0.6 is 23.1 Å². The van der Waals surface area contributed by atoms with Crippen molar-refractivity contribution in [3.8, 4) is 11.5 Å². The summed E-state index contributed by atoms with van der Waals surface area (Å²) in [5.41, 5.74) is 1.59. The van der Waals surface area contributed by atoms with Crippen LogP contribution in [0.1, 0.15) is 23.3 Å². The smallest absolute Gasteiger partial charge is 0.305 e. The van der Waals surface area contributed by atoms with E-state index in [1.807, 2.05) is 6.07 Å². The van der Waals surface area contributed by atoms with Crippen LogP contribution in [-0.2, 0) is 14.4 Å². The quantitative estimate of drug-likeness (QED) is 0.278. The number of halogens is 1. The van der Waals surface area contributed by atoms with Crippen LogP contribution in [0.3, 0.4) is 0 Å². The predicted octanol–water partition coefficient (Wildman–Crippen LogP) is 4.79. The van der Waals surface area contributed by atoms with E-state index in [1.165, 1.54) is 40.9 Å². The van der Waals surface area contributed by atoms with Crippen molar-refractivity contribution in [1.29, 1.82) is 0 Å². The minimum atomic E-state index is -0.746. The van der Waals surface area contributed by atoms with Gasteiger partial charge in [0.05, 0.1) is 23.2 Å². The van der Waals surface area contributed by atoms with E-state index in [-0.39, 0.29) is 23.3 Å². The second-order valence-corrected chi connectivity index (χ2v) is 11.7. The molecule has 2 unspecified atom stereocenters. The highest BCUT2D eigenvalue weighted by atomic mass is 32.2. The summed E-state index contributed by atoms with van der Waals surface area (Å²) in [6, 6.07) is 19.3. The Hall–Kier alpha value is -4.42. The molecule has 2 N–H and O–H groups in total. The van der Waals surface area contributed by atoms with Gasteiger partial charge in [0.15, 0.2) is 18.1 Å². The van der Waals surface area contributed by atoms with Crippen LogP contribution < -0.4 is 24.6 Å². The molecular formula is C30H24FN3O6S2. The molecule has 9 nitrogen and oxygen atoms in total. The number of hydrogen-bond donors (Lipinski definition) is 2. The maximum Gasteiger partial charge on any atom is 0.305 e. The number of benzene rings is 3. The Morgan fingerprint density at radius 1 is 0.976 bits per heavy atom. The number of para-hydroxylation sites is 1. The summed E-state index contributed by atoms with van der Waals surface area (Å²) in [7, 11) is 0. The second kappa shape index (κ2) is 11.5. The zero-order valence-electron chi connectivity index (χ0n) is 22.2. The summed E-state index contributed by atoms with van der Waals surface area (Å²) in [5.74, 6) is -2.21. The van der Waals surface area contributed by atoms with E-state index in [1.54, 1.807) is 49.4 Å². The molecule has 12 heteroatoms. The van der Waals surface area contributed by atoms with Crippen molar-refractivity contribution in [2.24, 2.45) is 5.92 Å². The SMILES string of the molecule is CCOc1cc([C@H]2c3sc(=O)[nH]c3SC3C(=O)N(c4ccccc4)C(=O)C32)ccc1OCC(=O)Nc1ccc(F)cc1. The van der Waals surface area contributed by atoms with Crippen molar-refractivity contribution in [1.82, 2.24) is 4.98 Å². The fraction of sp³-hybridized carbons (Fsp3) is 0.200. The number of H-pyrrole nitrogens is 1. The Bertz CT molecular complexity index is 1720. The van der Waals surface area contributed by atoms with Crippen LogP contribution in [0.5, 0.6) is 11.5 Å². The van der Waals surface area contributed by atoms with Crippen LogP contribution in [-0.4, -0.2) is 41.2 Å². The molecule has 4 aromatic rings. The predicted molar refractivity (Wildman–Crippen MR) is 157 cm³/mol. The number of anilines is 2. The highest BCUT2D eigenvalue weighted by Gasteiger charge is 2.56. The number of carbonyl (C=O) groups excluding carboxylic acids is 3. The lowest BCUT2D eigenvalue weighted by molar-refractivity contribution is -0.122. The third kappa shape index (κ3) is 5.19. The first-order valence-electron chi connectivity index (χ1n) is 13.1.